The summed E-state index contributed by atoms with van der Waals surface area (Å²) in [6.07, 6.45) is 0.939. The van der Waals surface area contributed by atoms with E-state index >= 15 is 0 Å². The van der Waals surface area contributed by atoms with E-state index in [9.17, 15) is 4.79 Å². The highest BCUT2D eigenvalue weighted by molar-refractivity contribution is 14.0. The summed E-state index contributed by atoms with van der Waals surface area (Å²) >= 11 is 0. The third-order valence-corrected chi connectivity index (χ3v) is 4.24. The van der Waals surface area contributed by atoms with Crippen LogP contribution in [0.1, 0.15) is 38.8 Å². The summed E-state index contributed by atoms with van der Waals surface area (Å²) in [7, 11) is 5.18. The molecule has 154 valence electrons. The number of halogens is 1. The summed E-state index contributed by atoms with van der Waals surface area (Å²) < 4.78 is 5.19. The van der Waals surface area contributed by atoms with Crippen LogP contribution in [0.25, 0.3) is 0 Å². The van der Waals surface area contributed by atoms with E-state index in [4.69, 9.17) is 4.74 Å². The van der Waals surface area contributed by atoms with Gasteiger partial charge in [-0.2, -0.15) is 0 Å². The van der Waals surface area contributed by atoms with E-state index in [2.05, 4.69) is 48.5 Å². The Hall–Kier alpha value is -1.35. The number of aliphatic imine (C=N–C) groups is 1. The molecule has 0 aliphatic carbocycles. The fraction of sp³-hybridized carbons (Fsp3) is 0.600. The Labute approximate surface area is 181 Å². The van der Waals surface area contributed by atoms with Gasteiger partial charge in [-0.05, 0) is 24.3 Å². The minimum absolute atomic E-state index is 0. The third kappa shape index (κ3) is 10.5. The largest absolute Gasteiger partial charge is 0.385 e. The number of ether oxygens (including phenoxy) is 1. The van der Waals surface area contributed by atoms with E-state index in [0.29, 0.717) is 12.6 Å². The van der Waals surface area contributed by atoms with Crippen LogP contribution in [0.5, 0.6) is 0 Å². The number of rotatable bonds is 9. The molecule has 2 N–H and O–H groups in total. The molecule has 7 heteroatoms. The smallest absolute Gasteiger partial charge is 0.243 e. The summed E-state index contributed by atoms with van der Waals surface area (Å²) in [4.78, 5) is 17.9. The third-order valence-electron chi connectivity index (χ3n) is 4.24. The average Bonchev–Trinajstić information content (AvgIpc) is 2.62. The fourth-order valence-electron chi connectivity index (χ4n) is 2.26. The summed E-state index contributed by atoms with van der Waals surface area (Å²) in [6, 6.07) is 10.3. The molecule has 0 aromatic heterocycles. The second kappa shape index (κ2) is 12.9. The summed E-state index contributed by atoms with van der Waals surface area (Å²) in [5.41, 5.74) is 1.22. The van der Waals surface area contributed by atoms with Gasteiger partial charge in [0.2, 0.25) is 5.91 Å². The molecule has 0 bridgehead atoms. The lowest BCUT2D eigenvalue weighted by atomic mass is 9.90. The van der Waals surface area contributed by atoms with Gasteiger partial charge in [-0.3, -0.25) is 4.79 Å². The lowest BCUT2D eigenvalue weighted by Gasteiger charge is -2.27. The number of likely N-dealkylation sites (N-methyl/N-ethyl adjacent to an activating group) is 1. The lowest BCUT2D eigenvalue weighted by Crippen LogP contribution is -2.44. The van der Waals surface area contributed by atoms with Crippen LogP contribution in [-0.4, -0.2) is 57.7 Å². The van der Waals surface area contributed by atoms with E-state index in [1.54, 1.807) is 26.1 Å². The fourth-order valence-corrected chi connectivity index (χ4v) is 2.26. The number of methoxy groups -OCH3 is 1. The summed E-state index contributed by atoms with van der Waals surface area (Å²) in [5.74, 6) is 0.610. The van der Waals surface area contributed by atoms with Gasteiger partial charge in [-0.25, -0.2) is 4.99 Å². The van der Waals surface area contributed by atoms with Gasteiger partial charge in [0.1, 0.15) is 6.54 Å². The molecule has 1 atom stereocenters. The van der Waals surface area contributed by atoms with Crippen LogP contribution in [0.3, 0.4) is 0 Å². The van der Waals surface area contributed by atoms with Gasteiger partial charge in [0.25, 0.3) is 0 Å². The van der Waals surface area contributed by atoms with Crippen molar-refractivity contribution in [2.24, 2.45) is 10.4 Å². The Morgan fingerprint density at radius 1 is 1.26 bits per heavy atom. The van der Waals surface area contributed by atoms with Crippen molar-refractivity contribution >= 4 is 35.8 Å². The van der Waals surface area contributed by atoms with Gasteiger partial charge in [-0.1, -0.05) is 44.2 Å². The predicted molar refractivity (Wildman–Crippen MR) is 123 cm³/mol. The number of hydrogen-bond donors (Lipinski definition) is 2. The molecular weight excluding hydrogens is 455 g/mol. The second-order valence-corrected chi connectivity index (χ2v) is 7.49. The number of benzene rings is 1. The molecule has 0 saturated carbocycles. The predicted octanol–water partition coefficient (Wildman–Crippen LogP) is 3.05. The zero-order chi connectivity index (χ0) is 19.6. The van der Waals surface area contributed by atoms with Crippen LogP contribution < -0.4 is 10.6 Å². The molecule has 1 aromatic carbocycles. The molecule has 0 radical (unpaired) electrons. The maximum Gasteiger partial charge on any atom is 0.243 e. The molecule has 0 aliphatic rings. The number of nitrogens with zero attached hydrogens (tertiary/aromatic N) is 2. The molecule has 1 aromatic rings. The first-order chi connectivity index (χ1) is 12.2. The van der Waals surface area contributed by atoms with Crippen molar-refractivity contribution in [3.05, 3.63) is 35.9 Å². The van der Waals surface area contributed by atoms with E-state index < -0.39 is 0 Å². The highest BCUT2D eigenvalue weighted by atomic mass is 127. The van der Waals surface area contributed by atoms with Crippen molar-refractivity contribution in [3.8, 4) is 0 Å². The first-order valence-electron chi connectivity index (χ1n) is 9.04. The van der Waals surface area contributed by atoms with Gasteiger partial charge >= 0.3 is 0 Å². The number of guanidine groups is 1. The Morgan fingerprint density at radius 2 is 1.89 bits per heavy atom. The zero-order valence-electron chi connectivity index (χ0n) is 17.4. The molecular formula is C20H35IN4O2. The molecule has 1 amide bonds. The van der Waals surface area contributed by atoms with E-state index in [1.807, 2.05) is 18.2 Å². The Kier molecular flexibility index (Phi) is 12.3. The summed E-state index contributed by atoms with van der Waals surface area (Å²) in [6.45, 7) is 8.01. The molecule has 6 nitrogen and oxygen atoms in total. The standard InChI is InChI=1S/C20H34N4O2.HI/c1-16(17-10-8-7-9-11-17)23-19(21-14-18(25)24(4)5)22-15-20(2,3)12-13-26-6;/h7-11,16H,12-15H2,1-6H3,(H2,21,22,23);1H. The van der Waals surface area contributed by atoms with Crippen LogP contribution in [0, 0.1) is 5.41 Å². The van der Waals surface area contributed by atoms with Crippen molar-refractivity contribution < 1.29 is 9.53 Å². The van der Waals surface area contributed by atoms with Crippen LogP contribution in [0.15, 0.2) is 35.3 Å². The van der Waals surface area contributed by atoms with Crippen molar-refractivity contribution in [2.75, 3.05) is 40.9 Å². The van der Waals surface area contributed by atoms with Gasteiger partial charge in [0.05, 0.1) is 6.04 Å². The van der Waals surface area contributed by atoms with Gasteiger partial charge in [0, 0.05) is 34.4 Å². The van der Waals surface area contributed by atoms with Crippen molar-refractivity contribution in [2.45, 2.75) is 33.2 Å². The number of nitrogens with one attached hydrogen (secondary N) is 2. The second-order valence-electron chi connectivity index (χ2n) is 7.49. The maximum absolute atomic E-state index is 11.9. The first-order valence-corrected chi connectivity index (χ1v) is 9.04. The number of carbonyl (C=O) groups excluding carboxylic acids is 1. The Morgan fingerprint density at radius 3 is 2.44 bits per heavy atom. The SMILES string of the molecule is COCCC(C)(C)CNC(=NCC(=O)N(C)C)NC(C)c1ccccc1.I. The highest BCUT2D eigenvalue weighted by Crippen LogP contribution is 2.18. The van der Waals surface area contributed by atoms with Crippen molar-refractivity contribution in [1.82, 2.24) is 15.5 Å². The van der Waals surface area contributed by atoms with E-state index in [0.717, 1.165) is 13.0 Å². The van der Waals surface area contributed by atoms with Crippen LogP contribution in [-0.2, 0) is 9.53 Å². The maximum atomic E-state index is 11.9. The molecule has 0 fully saturated rings. The van der Waals surface area contributed by atoms with Gasteiger partial charge in [-0.15, -0.1) is 24.0 Å². The Balaban J connectivity index is 0.00000676. The highest BCUT2D eigenvalue weighted by Gasteiger charge is 2.19. The van der Waals surface area contributed by atoms with Gasteiger partial charge in [0.15, 0.2) is 5.96 Å². The minimum Gasteiger partial charge on any atom is -0.385 e. The lowest BCUT2D eigenvalue weighted by molar-refractivity contribution is -0.127. The number of carbonyl (C=O) groups is 1. The number of amides is 1. The molecule has 1 rings (SSSR count). The average molecular weight is 490 g/mol. The molecule has 0 aliphatic heterocycles. The molecule has 0 spiro atoms. The Bertz CT molecular complexity index is 577. The zero-order valence-corrected chi connectivity index (χ0v) is 19.7. The van der Waals surface area contributed by atoms with Crippen molar-refractivity contribution in [1.29, 1.82) is 0 Å². The van der Waals surface area contributed by atoms with Crippen molar-refractivity contribution in [3.63, 3.8) is 0 Å². The first kappa shape index (κ1) is 25.6. The van der Waals surface area contributed by atoms with E-state index in [1.165, 1.54) is 5.56 Å². The normalized spacial score (nSPS) is 12.7. The molecule has 0 heterocycles. The van der Waals surface area contributed by atoms with Crippen LogP contribution in [0.2, 0.25) is 0 Å². The summed E-state index contributed by atoms with van der Waals surface area (Å²) in [5, 5.41) is 6.77. The van der Waals surface area contributed by atoms with Gasteiger partial charge < -0.3 is 20.3 Å². The minimum atomic E-state index is -0.0305. The van der Waals surface area contributed by atoms with Crippen LogP contribution in [0.4, 0.5) is 0 Å². The quantitative estimate of drug-likeness (QED) is 0.317. The van der Waals surface area contributed by atoms with E-state index in [-0.39, 0.29) is 47.9 Å². The number of hydrogen-bond acceptors (Lipinski definition) is 3. The molecule has 27 heavy (non-hydrogen) atoms. The molecule has 0 saturated heterocycles. The topological polar surface area (TPSA) is 66.0 Å². The monoisotopic (exact) mass is 490 g/mol. The molecule has 1 unspecified atom stereocenters. The van der Waals surface area contributed by atoms with Crippen LogP contribution >= 0.6 is 24.0 Å².